The number of para-hydroxylation sites is 1. The summed E-state index contributed by atoms with van der Waals surface area (Å²) in [6.45, 7) is 0. The van der Waals surface area contributed by atoms with E-state index in [0.29, 0.717) is 17.3 Å². The number of rotatable bonds is 3. The summed E-state index contributed by atoms with van der Waals surface area (Å²) in [6.07, 6.45) is -0.0280. The van der Waals surface area contributed by atoms with Crippen LogP contribution in [-0.2, 0) is 11.2 Å². The van der Waals surface area contributed by atoms with Crippen LogP contribution in [0.5, 0.6) is 0 Å². The van der Waals surface area contributed by atoms with Crippen LogP contribution < -0.4 is 11.1 Å². The van der Waals surface area contributed by atoms with Crippen LogP contribution in [-0.4, -0.2) is 5.91 Å². The Morgan fingerprint density at radius 1 is 1.25 bits per heavy atom. The van der Waals surface area contributed by atoms with Gasteiger partial charge in [0.25, 0.3) is 0 Å². The Hall–Kier alpha value is -2.14. The Bertz CT molecular complexity index is 638. The highest BCUT2D eigenvalue weighted by Crippen LogP contribution is 2.26. The largest absolute Gasteiger partial charge is 0.398 e. The van der Waals surface area contributed by atoms with Gasteiger partial charge in [0.1, 0.15) is 5.82 Å². The van der Waals surface area contributed by atoms with Crippen LogP contribution in [0.15, 0.2) is 36.4 Å². The fourth-order valence-electron chi connectivity index (χ4n) is 1.71. The molecule has 0 heterocycles. The van der Waals surface area contributed by atoms with E-state index in [1.807, 2.05) is 0 Å². The molecule has 1 amide bonds. The fourth-order valence-corrected chi connectivity index (χ4v) is 1.96. The van der Waals surface area contributed by atoms with Crippen molar-refractivity contribution in [2.75, 3.05) is 11.1 Å². The predicted octanol–water partition coefficient (Wildman–Crippen LogP) is 3.38. The molecular formula is C14H11ClF2N2O. The summed E-state index contributed by atoms with van der Waals surface area (Å²) in [5.41, 5.74) is 6.55. The molecule has 3 N–H and O–H groups in total. The quantitative estimate of drug-likeness (QED) is 0.853. The number of carbonyl (C=O) groups is 1. The van der Waals surface area contributed by atoms with Gasteiger partial charge in [0.05, 0.1) is 17.1 Å². The van der Waals surface area contributed by atoms with E-state index in [4.69, 9.17) is 17.3 Å². The predicted molar refractivity (Wildman–Crippen MR) is 74.6 cm³/mol. The molecule has 0 radical (unpaired) electrons. The molecular weight excluding hydrogens is 286 g/mol. The monoisotopic (exact) mass is 296 g/mol. The van der Waals surface area contributed by atoms with Crippen molar-refractivity contribution >= 4 is 28.9 Å². The zero-order chi connectivity index (χ0) is 14.7. The Morgan fingerprint density at radius 2 is 1.95 bits per heavy atom. The van der Waals surface area contributed by atoms with Gasteiger partial charge in [-0.3, -0.25) is 4.79 Å². The van der Waals surface area contributed by atoms with Crippen LogP contribution in [0.1, 0.15) is 5.56 Å². The number of halogens is 3. The third kappa shape index (κ3) is 3.24. The molecule has 0 bridgehead atoms. The van der Waals surface area contributed by atoms with Crippen molar-refractivity contribution in [1.82, 2.24) is 0 Å². The molecule has 20 heavy (non-hydrogen) atoms. The lowest BCUT2D eigenvalue weighted by molar-refractivity contribution is -0.115. The molecule has 0 spiro atoms. The third-order valence-corrected chi connectivity index (χ3v) is 2.98. The molecule has 0 saturated heterocycles. The van der Waals surface area contributed by atoms with E-state index < -0.39 is 17.5 Å². The Labute approximate surface area is 119 Å². The first-order valence-electron chi connectivity index (χ1n) is 5.75. The molecule has 2 rings (SSSR count). The van der Waals surface area contributed by atoms with Gasteiger partial charge in [0.2, 0.25) is 5.91 Å². The Morgan fingerprint density at radius 3 is 2.60 bits per heavy atom. The summed E-state index contributed by atoms with van der Waals surface area (Å²) < 4.78 is 26.4. The molecule has 0 saturated carbocycles. The number of amides is 1. The molecule has 0 atom stereocenters. The highest BCUT2D eigenvalue weighted by atomic mass is 35.5. The van der Waals surface area contributed by atoms with Crippen LogP contribution in [0.25, 0.3) is 0 Å². The van der Waals surface area contributed by atoms with Gasteiger partial charge in [-0.25, -0.2) is 8.78 Å². The van der Waals surface area contributed by atoms with Crippen molar-refractivity contribution < 1.29 is 13.6 Å². The second-order valence-corrected chi connectivity index (χ2v) is 4.58. The van der Waals surface area contributed by atoms with Gasteiger partial charge < -0.3 is 11.1 Å². The average molecular weight is 297 g/mol. The highest BCUT2D eigenvalue weighted by Gasteiger charge is 2.14. The van der Waals surface area contributed by atoms with Crippen molar-refractivity contribution in [3.8, 4) is 0 Å². The molecule has 3 nitrogen and oxygen atoms in total. The van der Waals surface area contributed by atoms with Gasteiger partial charge in [0, 0.05) is 11.8 Å². The maximum absolute atomic E-state index is 13.5. The summed E-state index contributed by atoms with van der Waals surface area (Å²) in [7, 11) is 0. The zero-order valence-corrected chi connectivity index (χ0v) is 11.0. The second-order valence-electron chi connectivity index (χ2n) is 4.17. The second kappa shape index (κ2) is 5.88. The van der Waals surface area contributed by atoms with Gasteiger partial charge >= 0.3 is 0 Å². The minimum atomic E-state index is -0.926. The van der Waals surface area contributed by atoms with Crippen molar-refractivity contribution in [3.63, 3.8) is 0 Å². The van der Waals surface area contributed by atoms with E-state index in [1.165, 1.54) is 0 Å². The number of nitrogen functional groups attached to an aromatic ring is 1. The molecule has 2 aromatic rings. The maximum Gasteiger partial charge on any atom is 0.228 e. The molecule has 0 aliphatic heterocycles. The van der Waals surface area contributed by atoms with E-state index in [1.54, 1.807) is 24.3 Å². The van der Waals surface area contributed by atoms with Crippen molar-refractivity contribution in [2.24, 2.45) is 0 Å². The van der Waals surface area contributed by atoms with Crippen LogP contribution in [0.2, 0.25) is 5.02 Å². The number of nitrogens with one attached hydrogen (secondary N) is 1. The van der Waals surface area contributed by atoms with E-state index in [2.05, 4.69) is 5.32 Å². The van der Waals surface area contributed by atoms with E-state index in [-0.39, 0.29) is 17.1 Å². The van der Waals surface area contributed by atoms with E-state index in [9.17, 15) is 13.6 Å². The van der Waals surface area contributed by atoms with Gasteiger partial charge in [-0.1, -0.05) is 29.8 Å². The van der Waals surface area contributed by atoms with Crippen LogP contribution in [0.4, 0.5) is 20.2 Å². The SMILES string of the molecule is Nc1ccccc1CC(=O)Nc1c(F)cc(F)cc1Cl. The van der Waals surface area contributed by atoms with Crippen molar-refractivity contribution in [3.05, 3.63) is 58.6 Å². The van der Waals surface area contributed by atoms with Gasteiger partial charge in [0.15, 0.2) is 5.82 Å². The molecule has 6 heteroatoms. The summed E-state index contributed by atoms with van der Waals surface area (Å²) >= 11 is 5.69. The molecule has 0 aliphatic carbocycles. The van der Waals surface area contributed by atoms with Crippen molar-refractivity contribution in [2.45, 2.75) is 6.42 Å². The summed E-state index contributed by atoms with van der Waals surface area (Å²) in [5, 5.41) is 2.12. The first-order valence-corrected chi connectivity index (χ1v) is 6.13. The Kier molecular flexibility index (Phi) is 4.20. The summed E-state index contributed by atoms with van der Waals surface area (Å²) in [6, 6.07) is 8.42. The molecule has 0 fully saturated rings. The minimum absolute atomic E-state index is 0.0280. The molecule has 104 valence electrons. The number of anilines is 2. The average Bonchev–Trinajstić information content (AvgIpc) is 2.36. The van der Waals surface area contributed by atoms with Crippen molar-refractivity contribution in [1.29, 1.82) is 0 Å². The number of hydrogen-bond acceptors (Lipinski definition) is 2. The highest BCUT2D eigenvalue weighted by molar-refractivity contribution is 6.33. The maximum atomic E-state index is 13.5. The lowest BCUT2D eigenvalue weighted by Gasteiger charge is -2.09. The Balaban J connectivity index is 2.15. The lowest BCUT2D eigenvalue weighted by Crippen LogP contribution is -2.16. The topological polar surface area (TPSA) is 55.1 Å². The standard InChI is InChI=1S/C14H11ClF2N2O/c15-10-6-9(16)7-11(17)14(10)19-13(20)5-8-3-1-2-4-12(8)18/h1-4,6-7H,5,18H2,(H,19,20). The third-order valence-electron chi connectivity index (χ3n) is 2.68. The normalized spacial score (nSPS) is 10.3. The first-order chi connectivity index (χ1) is 9.47. The van der Waals surface area contributed by atoms with Crippen LogP contribution in [0.3, 0.4) is 0 Å². The molecule has 2 aromatic carbocycles. The smallest absolute Gasteiger partial charge is 0.228 e. The number of carbonyl (C=O) groups excluding carboxylic acids is 1. The summed E-state index contributed by atoms with van der Waals surface area (Å²) in [5.74, 6) is -2.22. The van der Waals surface area contributed by atoms with Crippen LogP contribution in [0, 0.1) is 11.6 Å². The molecule has 0 unspecified atom stereocenters. The van der Waals surface area contributed by atoms with Gasteiger partial charge in [-0.15, -0.1) is 0 Å². The summed E-state index contributed by atoms with van der Waals surface area (Å²) in [4.78, 5) is 11.8. The number of benzene rings is 2. The minimum Gasteiger partial charge on any atom is -0.398 e. The number of hydrogen-bond donors (Lipinski definition) is 2. The first kappa shape index (κ1) is 14.3. The van der Waals surface area contributed by atoms with Gasteiger partial charge in [-0.2, -0.15) is 0 Å². The fraction of sp³-hybridized carbons (Fsp3) is 0.0714. The lowest BCUT2D eigenvalue weighted by atomic mass is 10.1. The molecule has 0 aliphatic rings. The van der Waals surface area contributed by atoms with Gasteiger partial charge in [-0.05, 0) is 17.7 Å². The molecule has 0 aromatic heterocycles. The van der Waals surface area contributed by atoms with Crippen LogP contribution >= 0.6 is 11.6 Å². The number of nitrogens with two attached hydrogens (primary N) is 1. The van der Waals surface area contributed by atoms with E-state index >= 15 is 0 Å². The zero-order valence-electron chi connectivity index (χ0n) is 10.3. The van der Waals surface area contributed by atoms with E-state index in [0.717, 1.165) is 6.07 Å².